The summed E-state index contributed by atoms with van der Waals surface area (Å²) in [6.07, 6.45) is 2.15. The van der Waals surface area contributed by atoms with Gasteiger partial charge in [0, 0.05) is 23.0 Å². The van der Waals surface area contributed by atoms with E-state index in [-0.39, 0.29) is 36.3 Å². The Balaban J connectivity index is 1.53. The first-order valence-electron chi connectivity index (χ1n) is 9.34. The lowest BCUT2D eigenvalue weighted by Crippen LogP contribution is -2.52. The third kappa shape index (κ3) is 2.32. The van der Waals surface area contributed by atoms with Gasteiger partial charge in [0.25, 0.3) is 5.91 Å². The smallest absolute Gasteiger partial charge is 0.258 e. The molecule has 4 heterocycles. The zero-order valence-electron chi connectivity index (χ0n) is 14.8. The Morgan fingerprint density at radius 3 is 2.74 bits per heavy atom. The number of amides is 3. The fraction of sp³-hybridized carbons (Fsp3) is 0.526. The molecule has 27 heavy (non-hydrogen) atoms. The van der Waals surface area contributed by atoms with Crippen molar-refractivity contribution in [3.63, 3.8) is 0 Å². The standard InChI is InChI=1S/C19H20FN3O4/c20-12-7-11-16(27-9-19(11)3-5-21-6-4-19)10-8-23(18(26)15(10)12)13-1-2-14(24)22-17(13)25/h7,13,21H,1-6,8-9H2,(H,22,24,25)/t13-/m0/s1. The fourth-order valence-electron chi connectivity index (χ4n) is 4.85. The van der Waals surface area contributed by atoms with E-state index in [0.29, 0.717) is 17.9 Å². The van der Waals surface area contributed by atoms with E-state index in [2.05, 4.69) is 10.6 Å². The number of nitrogens with zero attached hydrogens (tertiary/aromatic N) is 1. The molecule has 1 atom stereocenters. The van der Waals surface area contributed by atoms with Crippen molar-refractivity contribution in [1.82, 2.24) is 15.5 Å². The van der Waals surface area contributed by atoms with Gasteiger partial charge in [-0.05, 0) is 38.4 Å². The van der Waals surface area contributed by atoms with Crippen molar-refractivity contribution in [3.8, 4) is 5.75 Å². The van der Waals surface area contributed by atoms with Crippen LogP contribution in [0.25, 0.3) is 0 Å². The van der Waals surface area contributed by atoms with Gasteiger partial charge in [0.15, 0.2) is 0 Å². The van der Waals surface area contributed by atoms with Crippen molar-refractivity contribution in [2.75, 3.05) is 19.7 Å². The summed E-state index contributed by atoms with van der Waals surface area (Å²) in [7, 11) is 0. The van der Waals surface area contributed by atoms with E-state index in [4.69, 9.17) is 4.74 Å². The van der Waals surface area contributed by atoms with Crippen LogP contribution < -0.4 is 15.4 Å². The molecule has 0 radical (unpaired) electrons. The zero-order chi connectivity index (χ0) is 18.8. The van der Waals surface area contributed by atoms with Gasteiger partial charge in [0.2, 0.25) is 11.8 Å². The Morgan fingerprint density at radius 1 is 1.22 bits per heavy atom. The third-order valence-electron chi connectivity index (χ3n) is 6.34. The highest BCUT2D eigenvalue weighted by Gasteiger charge is 2.48. The van der Waals surface area contributed by atoms with Gasteiger partial charge in [-0.2, -0.15) is 0 Å². The number of hydrogen-bond acceptors (Lipinski definition) is 5. The molecule has 2 saturated heterocycles. The second-order valence-corrected chi connectivity index (χ2v) is 7.81. The van der Waals surface area contributed by atoms with Crippen LogP contribution in [0.2, 0.25) is 0 Å². The molecule has 0 aromatic heterocycles. The molecule has 0 unspecified atom stereocenters. The molecule has 5 rings (SSSR count). The normalized spacial score (nSPS) is 26.0. The average molecular weight is 373 g/mol. The molecular formula is C19H20FN3O4. The van der Waals surface area contributed by atoms with Gasteiger partial charge >= 0.3 is 0 Å². The molecule has 0 aliphatic carbocycles. The summed E-state index contributed by atoms with van der Waals surface area (Å²) in [5.41, 5.74) is 1.18. The van der Waals surface area contributed by atoms with Crippen molar-refractivity contribution in [2.45, 2.75) is 43.7 Å². The number of ether oxygens (including phenoxy) is 1. The predicted molar refractivity (Wildman–Crippen MR) is 91.7 cm³/mol. The topological polar surface area (TPSA) is 87.7 Å². The number of piperidine rings is 2. The summed E-state index contributed by atoms with van der Waals surface area (Å²) in [6.45, 7) is 2.33. The number of carbonyl (C=O) groups is 3. The Morgan fingerprint density at radius 2 is 2.00 bits per heavy atom. The first-order valence-corrected chi connectivity index (χ1v) is 9.34. The predicted octanol–water partition coefficient (Wildman–Crippen LogP) is 0.600. The molecule has 0 saturated carbocycles. The quantitative estimate of drug-likeness (QED) is 0.704. The fourth-order valence-corrected chi connectivity index (χ4v) is 4.85. The Kier molecular flexibility index (Phi) is 3.56. The summed E-state index contributed by atoms with van der Waals surface area (Å²) in [4.78, 5) is 37.8. The van der Waals surface area contributed by atoms with Crippen LogP contribution in [0.5, 0.6) is 5.75 Å². The highest BCUT2D eigenvalue weighted by molar-refractivity contribution is 6.06. The molecule has 1 aromatic carbocycles. The highest BCUT2D eigenvalue weighted by atomic mass is 19.1. The second kappa shape index (κ2) is 5.76. The lowest BCUT2D eigenvalue weighted by molar-refractivity contribution is -0.136. The van der Waals surface area contributed by atoms with Crippen LogP contribution in [0.15, 0.2) is 6.07 Å². The van der Waals surface area contributed by atoms with Gasteiger partial charge in [-0.3, -0.25) is 19.7 Å². The van der Waals surface area contributed by atoms with E-state index in [0.717, 1.165) is 31.5 Å². The zero-order valence-corrected chi connectivity index (χ0v) is 14.8. The van der Waals surface area contributed by atoms with Gasteiger partial charge in [-0.1, -0.05) is 0 Å². The lowest BCUT2D eigenvalue weighted by Gasteiger charge is -2.32. The number of carbonyl (C=O) groups excluding carboxylic acids is 3. The molecule has 0 bridgehead atoms. The maximum absolute atomic E-state index is 15.0. The monoisotopic (exact) mass is 373 g/mol. The van der Waals surface area contributed by atoms with Gasteiger partial charge in [-0.25, -0.2) is 4.39 Å². The number of fused-ring (bicyclic) bond motifs is 4. The number of rotatable bonds is 1. The molecule has 1 aromatic rings. The summed E-state index contributed by atoms with van der Waals surface area (Å²) in [5, 5.41) is 5.58. The van der Waals surface area contributed by atoms with Crippen molar-refractivity contribution in [1.29, 1.82) is 0 Å². The van der Waals surface area contributed by atoms with E-state index in [9.17, 15) is 18.8 Å². The largest absolute Gasteiger partial charge is 0.492 e. The maximum Gasteiger partial charge on any atom is 0.258 e. The van der Waals surface area contributed by atoms with E-state index < -0.39 is 23.7 Å². The molecule has 3 amide bonds. The Bertz CT molecular complexity index is 878. The molecule has 7 nitrogen and oxygen atoms in total. The molecule has 1 spiro atoms. The number of hydrogen-bond donors (Lipinski definition) is 2. The van der Waals surface area contributed by atoms with E-state index in [1.165, 1.54) is 11.0 Å². The Hall–Kier alpha value is -2.48. The molecule has 8 heteroatoms. The number of halogens is 1. The van der Waals surface area contributed by atoms with Gasteiger partial charge in [-0.15, -0.1) is 0 Å². The third-order valence-corrected chi connectivity index (χ3v) is 6.34. The summed E-state index contributed by atoms with van der Waals surface area (Å²) in [6, 6.07) is 0.699. The van der Waals surface area contributed by atoms with Crippen molar-refractivity contribution < 1.29 is 23.5 Å². The van der Waals surface area contributed by atoms with E-state index in [1.807, 2.05) is 0 Å². The molecule has 142 valence electrons. The lowest BCUT2D eigenvalue weighted by atomic mass is 9.74. The Labute approximate surface area is 155 Å². The minimum Gasteiger partial charge on any atom is -0.492 e. The van der Waals surface area contributed by atoms with Crippen LogP contribution >= 0.6 is 0 Å². The first-order chi connectivity index (χ1) is 13.0. The molecule has 2 N–H and O–H groups in total. The van der Waals surface area contributed by atoms with E-state index >= 15 is 0 Å². The minimum absolute atomic E-state index is 0.00411. The summed E-state index contributed by atoms with van der Waals surface area (Å²) >= 11 is 0. The highest BCUT2D eigenvalue weighted by Crippen LogP contribution is 2.49. The molecule has 4 aliphatic heterocycles. The van der Waals surface area contributed by atoms with Crippen LogP contribution in [-0.2, 0) is 21.5 Å². The van der Waals surface area contributed by atoms with Crippen molar-refractivity contribution in [3.05, 3.63) is 28.6 Å². The number of benzene rings is 1. The van der Waals surface area contributed by atoms with Crippen LogP contribution in [-0.4, -0.2) is 48.4 Å². The van der Waals surface area contributed by atoms with Crippen molar-refractivity contribution in [2.24, 2.45) is 0 Å². The molecular weight excluding hydrogens is 353 g/mol. The minimum atomic E-state index is -0.758. The van der Waals surface area contributed by atoms with Crippen LogP contribution in [0.3, 0.4) is 0 Å². The summed E-state index contributed by atoms with van der Waals surface area (Å²) in [5.74, 6) is -1.29. The van der Waals surface area contributed by atoms with E-state index in [1.54, 1.807) is 0 Å². The summed E-state index contributed by atoms with van der Waals surface area (Å²) < 4.78 is 21.0. The van der Waals surface area contributed by atoms with Gasteiger partial charge < -0.3 is 15.0 Å². The SMILES string of the molecule is O=C1CC[C@H](N2Cc3c4c(cc(F)c3C2=O)C2(CCNCC2)CO4)C(=O)N1. The van der Waals surface area contributed by atoms with Gasteiger partial charge in [0.05, 0.1) is 18.7 Å². The number of nitrogens with one attached hydrogen (secondary N) is 2. The van der Waals surface area contributed by atoms with Crippen LogP contribution in [0, 0.1) is 5.82 Å². The van der Waals surface area contributed by atoms with Crippen molar-refractivity contribution >= 4 is 17.7 Å². The van der Waals surface area contributed by atoms with Gasteiger partial charge in [0.1, 0.15) is 17.6 Å². The molecule has 4 aliphatic rings. The maximum atomic E-state index is 15.0. The average Bonchev–Trinajstić information content (AvgIpc) is 3.16. The molecule has 2 fully saturated rings. The van der Waals surface area contributed by atoms with Crippen LogP contribution in [0.1, 0.15) is 47.2 Å². The number of imide groups is 1. The second-order valence-electron chi connectivity index (χ2n) is 7.81. The first kappa shape index (κ1) is 16.7. The van der Waals surface area contributed by atoms with Crippen LogP contribution in [0.4, 0.5) is 4.39 Å².